The second-order valence-electron chi connectivity index (χ2n) is 3.21. The number of nitrogens with zero attached hydrogens (tertiary/aromatic N) is 1. The molecular formula is C12H16NO. The van der Waals surface area contributed by atoms with Crippen LogP contribution in [-0.4, -0.2) is 24.3 Å². The molecule has 2 nitrogen and oxygen atoms in total. The number of hydrogen-bond donors (Lipinski definition) is 0. The summed E-state index contributed by atoms with van der Waals surface area (Å²) in [7, 11) is 0. The smallest absolute Gasteiger partial charge is 0.209 e. The highest BCUT2D eigenvalue weighted by Crippen LogP contribution is 2.12. The van der Waals surface area contributed by atoms with Crippen LogP contribution in [0, 0.1) is 5.92 Å². The van der Waals surface area contributed by atoms with Crippen LogP contribution in [0.2, 0.25) is 0 Å². The number of hydrogen-bond acceptors (Lipinski definition) is 2. The summed E-state index contributed by atoms with van der Waals surface area (Å²) >= 11 is 0. The molecule has 0 heterocycles. The predicted molar refractivity (Wildman–Crippen MR) is 58.5 cm³/mol. The van der Waals surface area contributed by atoms with Crippen molar-refractivity contribution in [2.45, 2.75) is 13.8 Å². The Balaban J connectivity index is 2.64. The molecule has 0 unspecified atom stereocenters. The maximum absolute atomic E-state index is 10.3. The molecule has 2 heteroatoms. The summed E-state index contributed by atoms with van der Waals surface area (Å²) in [6.45, 7) is 6.26. The number of allylic oxidation sites excluding steroid dienone is 5. The molecule has 0 fully saturated rings. The minimum Gasteiger partial charge on any atom is -0.377 e. The first-order valence-corrected chi connectivity index (χ1v) is 5.00. The quantitative estimate of drug-likeness (QED) is 0.676. The molecule has 0 bridgehead atoms. The SMILES string of the molecule is CCN(C=C1C=CC([C]=O)C=C1)CC. The van der Waals surface area contributed by atoms with Crippen molar-refractivity contribution in [3.8, 4) is 0 Å². The highest BCUT2D eigenvalue weighted by atomic mass is 16.1. The van der Waals surface area contributed by atoms with Gasteiger partial charge >= 0.3 is 0 Å². The fourth-order valence-corrected chi connectivity index (χ4v) is 1.33. The average molecular weight is 190 g/mol. The molecule has 75 valence electrons. The monoisotopic (exact) mass is 190 g/mol. The molecule has 0 spiro atoms. The van der Waals surface area contributed by atoms with Crippen LogP contribution in [0.15, 0.2) is 36.1 Å². The van der Waals surface area contributed by atoms with Crippen molar-refractivity contribution in [3.05, 3.63) is 36.1 Å². The Hall–Kier alpha value is -1.31. The summed E-state index contributed by atoms with van der Waals surface area (Å²) in [6.07, 6.45) is 11.7. The largest absolute Gasteiger partial charge is 0.377 e. The zero-order valence-electron chi connectivity index (χ0n) is 8.73. The van der Waals surface area contributed by atoms with E-state index in [-0.39, 0.29) is 5.92 Å². The summed E-state index contributed by atoms with van der Waals surface area (Å²) in [5.74, 6) is -0.163. The Morgan fingerprint density at radius 1 is 1.36 bits per heavy atom. The molecule has 1 aliphatic carbocycles. The van der Waals surface area contributed by atoms with E-state index < -0.39 is 0 Å². The van der Waals surface area contributed by atoms with Gasteiger partial charge in [0.1, 0.15) is 0 Å². The van der Waals surface area contributed by atoms with Crippen LogP contribution in [0.4, 0.5) is 0 Å². The molecule has 0 atom stereocenters. The summed E-state index contributed by atoms with van der Waals surface area (Å²) in [6, 6.07) is 0. The van der Waals surface area contributed by atoms with E-state index in [0.29, 0.717) is 0 Å². The molecule has 14 heavy (non-hydrogen) atoms. The maximum Gasteiger partial charge on any atom is 0.209 e. The normalized spacial score (nSPS) is 19.6. The third kappa shape index (κ3) is 2.87. The van der Waals surface area contributed by atoms with Crippen molar-refractivity contribution in [2.75, 3.05) is 13.1 Å². The minimum atomic E-state index is -0.163. The van der Waals surface area contributed by atoms with Gasteiger partial charge in [0.25, 0.3) is 0 Å². The van der Waals surface area contributed by atoms with E-state index in [1.807, 2.05) is 30.6 Å². The van der Waals surface area contributed by atoms with Gasteiger partial charge in [0, 0.05) is 19.3 Å². The second kappa shape index (κ2) is 5.43. The van der Waals surface area contributed by atoms with Gasteiger partial charge in [0.2, 0.25) is 6.29 Å². The molecule has 1 radical (unpaired) electrons. The molecule has 0 N–H and O–H groups in total. The van der Waals surface area contributed by atoms with Crippen molar-refractivity contribution in [1.82, 2.24) is 4.90 Å². The molecule has 1 aliphatic rings. The van der Waals surface area contributed by atoms with Gasteiger partial charge in [-0.15, -0.1) is 0 Å². The van der Waals surface area contributed by atoms with Crippen LogP contribution < -0.4 is 0 Å². The van der Waals surface area contributed by atoms with Gasteiger partial charge in [-0.25, -0.2) is 0 Å². The first kappa shape index (κ1) is 10.8. The van der Waals surface area contributed by atoms with Gasteiger partial charge in [-0.3, -0.25) is 4.79 Å². The van der Waals surface area contributed by atoms with E-state index in [4.69, 9.17) is 0 Å². The van der Waals surface area contributed by atoms with Gasteiger partial charge in [-0.05, 0) is 19.4 Å². The topological polar surface area (TPSA) is 20.3 Å². The summed E-state index contributed by atoms with van der Waals surface area (Å²) in [5, 5.41) is 0. The molecule has 0 aromatic heterocycles. The van der Waals surface area contributed by atoms with E-state index in [1.54, 1.807) is 0 Å². The van der Waals surface area contributed by atoms with Gasteiger partial charge in [0.05, 0.1) is 5.92 Å². The molecule has 0 amide bonds. The maximum atomic E-state index is 10.3. The minimum absolute atomic E-state index is 0.163. The van der Waals surface area contributed by atoms with Crippen LogP contribution in [0.1, 0.15) is 13.8 Å². The van der Waals surface area contributed by atoms with E-state index in [0.717, 1.165) is 18.7 Å². The van der Waals surface area contributed by atoms with Crippen molar-refractivity contribution in [2.24, 2.45) is 5.92 Å². The standard InChI is InChI=1S/C12H16NO/c1-3-13(4-2)9-11-5-7-12(10-14)8-6-11/h5-9,12H,3-4H2,1-2H3. The molecule has 0 aromatic carbocycles. The Morgan fingerprint density at radius 3 is 2.36 bits per heavy atom. The summed E-state index contributed by atoms with van der Waals surface area (Å²) in [4.78, 5) is 12.6. The van der Waals surface area contributed by atoms with E-state index in [9.17, 15) is 4.79 Å². The first-order chi connectivity index (χ1) is 6.80. The lowest BCUT2D eigenvalue weighted by molar-refractivity contribution is 0.417. The summed E-state index contributed by atoms with van der Waals surface area (Å²) < 4.78 is 0. The lowest BCUT2D eigenvalue weighted by Gasteiger charge is -2.17. The lowest BCUT2D eigenvalue weighted by atomic mass is 10.0. The average Bonchev–Trinajstić information content (AvgIpc) is 2.26. The van der Waals surface area contributed by atoms with Crippen molar-refractivity contribution in [3.63, 3.8) is 0 Å². The van der Waals surface area contributed by atoms with Crippen molar-refractivity contribution in [1.29, 1.82) is 0 Å². The molecule has 0 aromatic rings. The van der Waals surface area contributed by atoms with E-state index in [1.165, 1.54) is 0 Å². The second-order valence-corrected chi connectivity index (χ2v) is 3.21. The Morgan fingerprint density at radius 2 is 1.93 bits per heavy atom. The van der Waals surface area contributed by atoms with Crippen LogP contribution >= 0.6 is 0 Å². The van der Waals surface area contributed by atoms with Crippen LogP contribution in [0.25, 0.3) is 0 Å². The van der Waals surface area contributed by atoms with Crippen LogP contribution in [0.5, 0.6) is 0 Å². The van der Waals surface area contributed by atoms with E-state index in [2.05, 4.69) is 24.9 Å². The molecule has 0 saturated carbocycles. The van der Waals surface area contributed by atoms with Crippen molar-refractivity contribution >= 4 is 6.29 Å². The fraction of sp³-hybridized carbons (Fsp3) is 0.417. The Kier molecular flexibility index (Phi) is 4.17. The van der Waals surface area contributed by atoms with Crippen LogP contribution in [0.3, 0.4) is 0 Å². The third-order valence-electron chi connectivity index (χ3n) is 2.27. The van der Waals surface area contributed by atoms with Crippen LogP contribution in [-0.2, 0) is 4.79 Å². The predicted octanol–water partition coefficient (Wildman–Crippen LogP) is 2.06. The van der Waals surface area contributed by atoms with Gasteiger partial charge < -0.3 is 4.90 Å². The van der Waals surface area contributed by atoms with Gasteiger partial charge in [-0.2, -0.15) is 0 Å². The molecule has 0 saturated heterocycles. The van der Waals surface area contributed by atoms with Gasteiger partial charge in [-0.1, -0.05) is 24.3 Å². The zero-order valence-corrected chi connectivity index (χ0v) is 8.73. The number of carbonyl (C=O) groups excluding carboxylic acids is 1. The fourth-order valence-electron chi connectivity index (χ4n) is 1.33. The molecule has 1 rings (SSSR count). The number of rotatable bonds is 4. The zero-order chi connectivity index (χ0) is 10.4. The third-order valence-corrected chi connectivity index (χ3v) is 2.27. The van der Waals surface area contributed by atoms with Gasteiger partial charge in [0.15, 0.2) is 0 Å². The molecule has 0 aliphatic heterocycles. The highest BCUT2D eigenvalue weighted by Gasteiger charge is 2.04. The summed E-state index contributed by atoms with van der Waals surface area (Å²) in [5.41, 5.74) is 1.14. The Bertz CT molecular complexity index is 256. The Labute approximate surface area is 85.6 Å². The van der Waals surface area contributed by atoms with Crippen molar-refractivity contribution < 1.29 is 4.79 Å². The van der Waals surface area contributed by atoms with E-state index >= 15 is 0 Å². The lowest BCUT2D eigenvalue weighted by Crippen LogP contribution is -2.16. The molecular weight excluding hydrogens is 174 g/mol. The highest BCUT2D eigenvalue weighted by molar-refractivity contribution is 5.62. The first-order valence-electron chi connectivity index (χ1n) is 5.00.